The molecule has 1 aliphatic carbocycles. The summed E-state index contributed by atoms with van der Waals surface area (Å²) in [6.07, 6.45) is 3.12. The summed E-state index contributed by atoms with van der Waals surface area (Å²) in [5, 5.41) is 0. The van der Waals surface area contributed by atoms with Crippen LogP contribution in [0.5, 0.6) is 0 Å². The number of rotatable bonds is 1. The van der Waals surface area contributed by atoms with Gasteiger partial charge in [0, 0.05) is 0 Å². The zero-order chi connectivity index (χ0) is 6.69. The quantitative estimate of drug-likeness (QED) is 0.542. The van der Waals surface area contributed by atoms with E-state index in [0.29, 0.717) is 5.92 Å². The molecule has 0 aromatic rings. The van der Waals surface area contributed by atoms with Crippen LogP contribution in [0.25, 0.3) is 0 Å². The van der Waals surface area contributed by atoms with Crippen LogP contribution in [-0.4, -0.2) is 11.9 Å². The highest BCUT2D eigenvalue weighted by atomic mass is 32.1. The monoisotopic (exact) mass is 148 g/mol. The van der Waals surface area contributed by atoms with Crippen LogP contribution in [0.2, 0.25) is 0 Å². The number of hydrogen-bond donors (Lipinski definition) is 1. The van der Waals surface area contributed by atoms with Crippen LogP contribution in [0.4, 0.5) is 4.39 Å². The Morgan fingerprint density at radius 3 is 2.22 bits per heavy atom. The average molecular weight is 148 g/mol. The highest BCUT2D eigenvalue weighted by Gasteiger charge is 2.18. The molecule has 2 heteroatoms. The molecule has 0 spiro atoms. The number of alkyl halides is 1. The zero-order valence-corrected chi connectivity index (χ0v) is 6.41. The van der Waals surface area contributed by atoms with E-state index < -0.39 is 6.17 Å². The van der Waals surface area contributed by atoms with Crippen LogP contribution >= 0.6 is 12.6 Å². The largest absolute Gasteiger partial charge is 0.247 e. The summed E-state index contributed by atoms with van der Waals surface area (Å²) < 4.78 is 12.5. The smallest absolute Gasteiger partial charge is 0.100 e. The second kappa shape index (κ2) is 3.45. The van der Waals surface area contributed by atoms with Crippen molar-refractivity contribution in [2.24, 2.45) is 5.92 Å². The Labute approximate surface area is 61.2 Å². The van der Waals surface area contributed by atoms with Gasteiger partial charge in [0.25, 0.3) is 0 Å². The maximum atomic E-state index is 12.5. The standard InChI is InChI=1S/C7H13FS/c8-7-3-1-6(5-9)2-4-7/h6-7,9H,1-5H2/t6-,7+. The first-order valence-corrected chi connectivity index (χ1v) is 4.21. The summed E-state index contributed by atoms with van der Waals surface area (Å²) in [6, 6.07) is 0. The SMILES string of the molecule is F[C@H]1CC[C@@H](CS)CC1. The molecular weight excluding hydrogens is 135 g/mol. The number of hydrogen-bond acceptors (Lipinski definition) is 1. The highest BCUT2D eigenvalue weighted by molar-refractivity contribution is 7.80. The van der Waals surface area contributed by atoms with Crippen molar-refractivity contribution in [2.75, 3.05) is 5.75 Å². The van der Waals surface area contributed by atoms with E-state index >= 15 is 0 Å². The molecule has 9 heavy (non-hydrogen) atoms. The maximum Gasteiger partial charge on any atom is 0.100 e. The van der Waals surface area contributed by atoms with Crippen molar-refractivity contribution in [3.63, 3.8) is 0 Å². The van der Waals surface area contributed by atoms with Gasteiger partial charge in [-0.2, -0.15) is 12.6 Å². The lowest BCUT2D eigenvalue weighted by Crippen LogP contribution is -2.15. The van der Waals surface area contributed by atoms with Crippen molar-refractivity contribution in [3.8, 4) is 0 Å². The summed E-state index contributed by atoms with van der Waals surface area (Å²) >= 11 is 4.17. The van der Waals surface area contributed by atoms with Crippen LogP contribution in [0.15, 0.2) is 0 Å². The molecule has 1 fully saturated rings. The molecule has 0 saturated heterocycles. The van der Waals surface area contributed by atoms with Gasteiger partial charge >= 0.3 is 0 Å². The van der Waals surface area contributed by atoms with Crippen molar-refractivity contribution < 1.29 is 4.39 Å². The Kier molecular flexibility index (Phi) is 2.83. The lowest BCUT2D eigenvalue weighted by molar-refractivity contribution is 0.218. The van der Waals surface area contributed by atoms with Crippen molar-refractivity contribution in [3.05, 3.63) is 0 Å². The van der Waals surface area contributed by atoms with E-state index in [1.165, 1.54) is 0 Å². The Bertz CT molecular complexity index is 77.0. The van der Waals surface area contributed by atoms with Crippen LogP contribution < -0.4 is 0 Å². The lowest BCUT2D eigenvalue weighted by atomic mass is 9.90. The van der Waals surface area contributed by atoms with Gasteiger partial charge in [0.2, 0.25) is 0 Å². The van der Waals surface area contributed by atoms with E-state index in [2.05, 4.69) is 12.6 Å². The normalized spacial score (nSPS) is 36.7. The van der Waals surface area contributed by atoms with Crippen molar-refractivity contribution in [2.45, 2.75) is 31.9 Å². The lowest BCUT2D eigenvalue weighted by Gasteiger charge is -2.21. The molecule has 1 aliphatic rings. The van der Waals surface area contributed by atoms with Gasteiger partial charge in [-0.3, -0.25) is 0 Å². The van der Waals surface area contributed by atoms with Crippen molar-refractivity contribution in [1.29, 1.82) is 0 Å². The van der Waals surface area contributed by atoms with Gasteiger partial charge in [0.05, 0.1) is 0 Å². The Morgan fingerprint density at radius 1 is 1.22 bits per heavy atom. The summed E-state index contributed by atoms with van der Waals surface area (Å²) in [7, 11) is 0. The summed E-state index contributed by atoms with van der Waals surface area (Å²) in [6.45, 7) is 0. The van der Waals surface area contributed by atoms with Gasteiger partial charge in [-0.15, -0.1) is 0 Å². The van der Waals surface area contributed by atoms with E-state index in [-0.39, 0.29) is 0 Å². The summed E-state index contributed by atoms with van der Waals surface area (Å²) in [5.41, 5.74) is 0. The average Bonchev–Trinajstić information content (AvgIpc) is 1.90. The second-order valence-corrected chi connectivity index (χ2v) is 3.17. The second-order valence-electron chi connectivity index (χ2n) is 2.80. The van der Waals surface area contributed by atoms with Gasteiger partial charge < -0.3 is 0 Å². The van der Waals surface area contributed by atoms with Gasteiger partial charge in [0.1, 0.15) is 6.17 Å². The first-order valence-electron chi connectivity index (χ1n) is 3.58. The molecule has 0 radical (unpaired) electrons. The molecule has 0 bridgehead atoms. The van der Waals surface area contributed by atoms with Crippen LogP contribution in [0, 0.1) is 5.92 Å². The van der Waals surface area contributed by atoms with Gasteiger partial charge in [0.15, 0.2) is 0 Å². The molecule has 0 atom stereocenters. The Balaban J connectivity index is 2.18. The van der Waals surface area contributed by atoms with E-state index in [0.717, 1.165) is 31.4 Å². The van der Waals surface area contributed by atoms with Crippen LogP contribution in [-0.2, 0) is 0 Å². The molecular formula is C7H13FS. The van der Waals surface area contributed by atoms with E-state index in [9.17, 15) is 4.39 Å². The maximum absolute atomic E-state index is 12.5. The van der Waals surface area contributed by atoms with Gasteiger partial charge in [-0.1, -0.05) is 0 Å². The first-order chi connectivity index (χ1) is 4.33. The fourth-order valence-corrected chi connectivity index (χ4v) is 1.67. The van der Waals surface area contributed by atoms with Gasteiger partial charge in [-0.05, 0) is 37.4 Å². The Morgan fingerprint density at radius 2 is 1.78 bits per heavy atom. The predicted octanol–water partition coefficient (Wildman–Crippen LogP) is 2.44. The fraction of sp³-hybridized carbons (Fsp3) is 1.00. The third-order valence-corrected chi connectivity index (χ3v) is 2.55. The third kappa shape index (κ3) is 2.17. The molecule has 0 heterocycles. The van der Waals surface area contributed by atoms with Crippen LogP contribution in [0.1, 0.15) is 25.7 Å². The molecule has 0 aliphatic heterocycles. The molecule has 1 rings (SSSR count). The van der Waals surface area contributed by atoms with Gasteiger partial charge in [-0.25, -0.2) is 4.39 Å². The molecule has 0 nitrogen and oxygen atoms in total. The van der Waals surface area contributed by atoms with Crippen LogP contribution in [0.3, 0.4) is 0 Å². The minimum atomic E-state index is -0.513. The molecule has 54 valence electrons. The zero-order valence-electron chi connectivity index (χ0n) is 5.52. The van der Waals surface area contributed by atoms with E-state index in [1.807, 2.05) is 0 Å². The molecule has 0 aromatic carbocycles. The number of halogens is 1. The fourth-order valence-electron chi connectivity index (χ4n) is 1.30. The molecule has 0 N–H and O–H groups in total. The molecule has 1 saturated carbocycles. The topological polar surface area (TPSA) is 0 Å². The first kappa shape index (κ1) is 7.39. The van der Waals surface area contributed by atoms with Crippen molar-refractivity contribution in [1.82, 2.24) is 0 Å². The third-order valence-electron chi connectivity index (χ3n) is 2.03. The molecule has 0 aromatic heterocycles. The minimum Gasteiger partial charge on any atom is -0.247 e. The highest BCUT2D eigenvalue weighted by Crippen LogP contribution is 2.26. The minimum absolute atomic E-state index is 0.513. The summed E-state index contributed by atoms with van der Waals surface area (Å²) in [5.74, 6) is 1.63. The molecule has 0 unspecified atom stereocenters. The van der Waals surface area contributed by atoms with E-state index in [1.54, 1.807) is 0 Å². The number of thiol groups is 1. The predicted molar refractivity (Wildman–Crippen MR) is 40.7 cm³/mol. The summed E-state index contributed by atoms with van der Waals surface area (Å²) in [4.78, 5) is 0. The Hall–Kier alpha value is 0.280. The van der Waals surface area contributed by atoms with Crippen molar-refractivity contribution >= 4 is 12.6 Å². The molecule has 0 amide bonds. The van der Waals surface area contributed by atoms with E-state index in [4.69, 9.17) is 0 Å².